The van der Waals surface area contributed by atoms with E-state index in [2.05, 4.69) is 5.32 Å². The van der Waals surface area contributed by atoms with Crippen molar-refractivity contribution in [3.63, 3.8) is 0 Å². The molecule has 0 aromatic heterocycles. The minimum Gasteiger partial charge on any atom is -0.508 e. The third kappa shape index (κ3) is 3.73. The van der Waals surface area contributed by atoms with Crippen LogP contribution in [0.5, 0.6) is 5.75 Å². The van der Waals surface area contributed by atoms with Crippen LogP contribution in [0.25, 0.3) is 0 Å². The van der Waals surface area contributed by atoms with Crippen molar-refractivity contribution in [3.8, 4) is 5.75 Å². The molecular weight excluding hydrogens is 206 g/mol. The molecule has 4 heteroatoms. The molecule has 0 radical (unpaired) electrons. The molecule has 0 saturated heterocycles. The van der Waals surface area contributed by atoms with Crippen molar-refractivity contribution in [1.82, 2.24) is 0 Å². The van der Waals surface area contributed by atoms with Crippen LogP contribution >= 0.6 is 0 Å². The van der Waals surface area contributed by atoms with Gasteiger partial charge in [0.25, 0.3) is 0 Å². The maximum atomic E-state index is 11.4. The molecule has 0 spiro atoms. The summed E-state index contributed by atoms with van der Waals surface area (Å²) in [5.74, 6) is -0.0270. The first-order valence-electron chi connectivity index (χ1n) is 5.08. The lowest BCUT2D eigenvalue weighted by Crippen LogP contribution is -2.13. The van der Waals surface area contributed by atoms with Crippen molar-refractivity contribution >= 4 is 17.4 Å². The molecule has 1 aromatic carbocycles. The van der Waals surface area contributed by atoms with Gasteiger partial charge < -0.3 is 15.2 Å². The van der Waals surface area contributed by atoms with E-state index in [1.54, 1.807) is 19.1 Å². The Labute approximate surface area is 94.3 Å². The van der Waals surface area contributed by atoms with Crippen LogP contribution in [0.2, 0.25) is 0 Å². The van der Waals surface area contributed by atoms with Gasteiger partial charge in [-0.25, -0.2) is 0 Å². The number of phenols is 1. The number of Topliss-reactive ketones (excluding diaryl/α,β-unsaturated/α-hetero) is 1. The first-order valence-corrected chi connectivity index (χ1v) is 5.08. The van der Waals surface area contributed by atoms with Crippen molar-refractivity contribution < 1.29 is 14.7 Å². The molecular formula is C12H15NO3. The van der Waals surface area contributed by atoms with Gasteiger partial charge in [0.2, 0.25) is 5.91 Å². The molecule has 1 amide bonds. The quantitative estimate of drug-likeness (QED) is 0.764. The zero-order valence-electron chi connectivity index (χ0n) is 9.41. The Hall–Kier alpha value is -1.84. The van der Waals surface area contributed by atoms with E-state index in [4.69, 9.17) is 0 Å². The number of hydrogen-bond donors (Lipinski definition) is 2. The Morgan fingerprint density at radius 1 is 1.31 bits per heavy atom. The van der Waals surface area contributed by atoms with Crippen LogP contribution in [0.3, 0.4) is 0 Å². The molecule has 1 rings (SSSR count). The summed E-state index contributed by atoms with van der Waals surface area (Å²) < 4.78 is 0. The number of ketones is 1. The minimum absolute atomic E-state index is 0.00224. The van der Waals surface area contributed by atoms with Crippen LogP contribution in [-0.4, -0.2) is 16.8 Å². The van der Waals surface area contributed by atoms with Crippen LogP contribution in [0.4, 0.5) is 5.69 Å². The van der Waals surface area contributed by atoms with Gasteiger partial charge in [-0.05, 0) is 37.6 Å². The largest absolute Gasteiger partial charge is 0.508 e. The average molecular weight is 221 g/mol. The molecule has 0 atom stereocenters. The predicted molar refractivity (Wildman–Crippen MR) is 61.4 cm³/mol. The highest BCUT2D eigenvalue weighted by Crippen LogP contribution is 2.20. The number of carbonyl (C=O) groups excluding carboxylic acids is 2. The Kier molecular flexibility index (Phi) is 4.05. The second-order valence-corrected chi connectivity index (χ2v) is 3.75. The second-order valence-electron chi connectivity index (χ2n) is 3.75. The second kappa shape index (κ2) is 5.30. The summed E-state index contributed by atoms with van der Waals surface area (Å²) in [6, 6.07) is 4.71. The summed E-state index contributed by atoms with van der Waals surface area (Å²) in [6.07, 6.45) is 0.443. The summed E-state index contributed by atoms with van der Waals surface area (Å²) in [5.41, 5.74) is 1.45. The van der Waals surface area contributed by atoms with E-state index in [-0.39, 0.29) is 30.3 Å². The summed E-state index contributed by atoms with van der Waals surface area (Å²) in [4.78, 5) is 22.1. The molecule has 0 saturated carbocycles. The summed E-state index contributed by atoms with van der Waals surface area (Å²) in [7, 11) is 0. The number of benzene rings is 1. The first kappa shape index (κ1) is 12.2. The van der Waals surface area contributed by atoms with Crippen molar-refractivity contribution in [3.05, 3.63) is 23.8 Å². The van der Waals surface area contributed by atoms with Gasteiger partial charge in [0.05, 0.1) is 0 Å². The van der Waals surface area contributed by atoms with Gasteiger partial charge in [0.15, 0.2) is 0 Å². The maximum Gasteiger partial charge on any atom is 0.224 e. The number of hydrogen-bond acceptors (Lipinski definition) is 3. The van der Waals surface area contributed by atoms with E-state index in [0.29, 0.717) is 5.69 Å². The maximum absolute atomic E-state index is 11.4. The Morgan fingerprint density at radius 2 is 2.00 bits per heavy atom. The standard InChI is InChI=1S/C12H15NO3/c1-8-7-10(15)4-5-11(8)13-12(16)6-3-9(2)14/h4-5,7,15H,3,6H2,1-2H3,(H,13,16). The van der Waals surface area contributed by atoms with Crippen LogP contribution < -0.4 is 5.32 Å². The normalized spacial score (nSPS) is 9.88. The lowest BCUT2D eigenvalue weighted by molar-refractivity contribution is -0.121. The molecule has 0 unspecified atom stereocenters. The van der Waals surface area contributed by atoms with Gasteiger partial charge in [-0.15, -0.1) is 0 Å². The molecule has 1 aromatic rings. The third-order valence-corrected chi connectivity index (χ3v) is 2.19. The van der Waals surface area contributed by atoms with Gasteiger partial charge in [0.1, 0.15) is 11.5 Å². The van der Waals surface area contributed by atoms with Gasteiger partial charge in [-0.2, -0.15) is 0 Å². The smallest absolute Gasteiger partial charge is 0.224 e. The van der Waals surface area contributed by atoms with Crippen LogP contribution in [-0.2, 0) is 9.59 Å². The number of anilines is 1. The summed E-state index contributed by atoms with van der Waals surface area (Å²) in [5, 5.41) is 11.9. The Balaban J connectivity index is 2.59. The molecule has 0 fully saturated rings. The van der Waals surface area contributed by atoms with E-state index in [1.807, 2.05) is 0 Å². The van der Waals surface area contributed by atoms with E-state index >= 15 is 0 Å². The topological polar surface area (TPSA) is 66.4 Å². The zero-order valence-corrected chi connectivity index (χ0v) is 9.41. The summed E-state index contributed by atoms with van der Waals surface area (Å²) in [6.45, 7) is 3.25. The zero-order chi connectivity index (χ0) is 12.1. The number of carbonyl (C=O) groups is 2. The number of amides is 1. The highest BCUT2D eigenvalue weighted by Gasteiger charge is 2.06. The molecule has 0 heterocycles. The van der Waals surface area contributed by atoms with Crippen molar-refractivity contribution in [2.24, 2.45) is 0 Å². The van der Waals surface area contributed by atoms with Crippen molar-refractivity contribution in [1.29, 1.82) is 0 Å². The Morgan fingerprint density at radius 3 is 2.56 bits per heavy atom. The average Bonchev–Trinajstić information content (AvgIpc) is 2.19. The van der Waals surface area contributed by atoms with Crippen LogP contribution in [0, 0.1) is 6.92 Å². The monoisotopic (exact) mass is 221 g/mol. The molecule has 0 aliphatic heterocycles. The van der Waals surface area contributed by atoms with Crippen LogP contribution in [0.15, 0.2) is 18.2 Å². The Bertz CT molecular complexity index is 413. The lowest BCUT2D eigenvalue weighted by atomic mass is 10.1. The van der Waals surface area contributed by atoms with E-state index in [1.165, 1.54) is 13.0 Å². The minimum atomic E-state index is -0.191. The molecule has 0 bridgehead atoms. The molecule has 16 heavy (non-hydrogen) atoms. The molecule has 86 valence electrons. The van der Waals surface area contributed by atoms with Crippen LogP contribution in [0.1, 0.15) is 25.3 Å². The SMILES string of the molecule is CC(=O)CCC(=O)Nc1ccc(O)cc1C. The van der Waals surface area contributed by atoms with Crippen molar-refractivity contribution in [2.75, 3.05) is 5.32 Å². The molecule has 0 aliphatic rings. The fourth-order valence-electron chi connectivity index (χ4n) is 1.29. The summed E-state index contributed by atoms with van der Waals surface area (Å²) >= 11 is 0. The van der Waals surface area contributed by atoms with Gasteiger partial charge in [-0.1, -0.05) is 0 Å². The van der Waals surface area contributed by atoms with Gasteiger partial charge in [-0.3, -0.25) is 4.79 Å². The number of aryl methyl sites for hydroxylation is 1. The van der Waals surface area contributed by atoms with E-state index in [0.717, 1.165) is 5.56 Å². The van der Waals surface area contributed by atoms with E-state index < -0.39 is 0 Å². The molecule has 2 N–H and O–H groups in total. The van der Waals surface area contributed by atoms with Gasteiger partial charge in [0, 0.05) is 18.5 Å². The van der Waals surface area contributed by atoms with Crippen molar-refractivity contribution in [2.45, 2.75) is 26.7 Å². The number of rotatable bonds is 4. The lowest BCUT2D eigenvalue weighted by Gasteiger charge is -2.07. The fourth-order valence-corrected chi connectivity index (χ4v) is 1.29. The van der Waals surface area contributed by atoms with Gasteiger partial charge >= 0.3 is 0 Å². The number of phenolic OH excluding ortho intramolecular Hbond substituents is 1. The highest BCUT2D eigenvalue weighted by atomic mass is 16.3. The first-order chi connectivity index (χ1) is 7.49. The molecule has 4 nitrogen and oxygen atoms in total. The predicted octanol–water partition coefficient (Wildman–Crippen LogP) is 2.01. The number of aromatic hydroxyl groups is 1. The number of nitrogens with one attached hydrogen (secondary N) is 1. The third-order valence-electron chi connectivity index (χ3n) is 2.19. The highest BCUT2D eigenvalue weighted by molar-refractivity contribution is 5.93. The fraction of sp³-hybridized carbons (Fsp3) is 0.333. The molecule has 0 aliphatic carbocycles. The van der Waals surface area contributed by atoms with E-state index in [9.17, 15) is 14.7 Å².